The Labute approximate surface area is 123 Å². The Morgan fingerprint density at radius 1 is 1.21 bits per heavy atom. The van der Waals surface area contributed by atoms with Crippen molar-refractivity contribution in [2.75, 3.05) is 6.61 Å². The first-order valence-corrected chi connectivity index (χ1v) is 7.94. The molecule has 2 aromatic rings. The summed E-state index contributed by atoms with van der Waals surface area (Å²) in [6, 6.07) is 8.34. The van der Waals surface area contributed by atoms with Crippen molar-refractivity contribution in [2.45, 2.75) is 32.1 Å². The summed E-state index contributed by atoms with van der Waals surface area (Å²) in [6.07, 6.45) is 3.13. The molecular weight excluding hydrogens is 278 g/mol. The van der Waals surface area contributed by atoms with Gasteiger partial charge in [0, 0.05) is 11.8 Å². The zero-order valence-corrected chi connectivity index (χ0v) is 12.6. The number of rotatable bonds is 7. The van der Waals surface area contributed by atoms with Gasteiger partial charge in [-0.3, -0.25) is 0 Å². The van der Waals surface area contributed by atoms with Gasteiger partial charge in [0.2, 0.25) is 0 Å². The molecule has 2 nitrogen and oxygen atoms in total. The van der Waals surface area contributed by atoms with E-state index in [1.54, 1.807) is 11.3 Å². The first-order valence-electron chi connectivity index (χ1n) is 6.52. The molecule has 0 aliphatic carbocycles. The van der Waals surface area contributed by atoms with Crippen molar-refractivity contribution >= 4 is 22.9 Å². The van der Waals surface area contributed by atoms with E-state index >= 15 is 0 Å². The Bertz CT molecular complexity index is 495. The SMILES string of the molecule is CCCc1ccc(OCCc2nc(CCl)cs2)cc1. The first kappa shape index (κ1) is 14.4. The van der Waals surface area contributed by atoms with Crippen molar-refractivity contribution < 1.29 is 4.74 Å². The van der Waals surface area contributed by atoms with Crippen LogP contribution in [0, 0.1) is 0 Å². The van der Waals surface area contributed by atoms with Crippen molar-refractivity contribution in [3.05, 3.63) is 45.9 Å². The summed E-state index contributed by atoms with van der Waals surface area (Å²) >= 11 is 7.37. The zero-order valence-electron chi connectivity index (χ0n) is 11.1. The average molecular weight is 296 g/mol. The van der Waals surface area contributed by atoms with Crippen LogP contribution in [0.25, 0.3) is 0 Å². The van der Waals surface area contributed by atoms with Crippen LogP contribution in [0.3, 0.4) is 0 Å². The Morgan fingerprint density at radius 3 is 2.63 bits per heavy atom. The summed E-state index contributed by atoms with van der Waals surface area (Å²) in [5.74, 6) is 1.41. The fourth-order valence-electron chi connectivity index (χ4n) is 1.82. The number of aromatic nitrogens is 1. The smallest absolute Gasteiger partial charge is 0.119 e. The topological polar surface area (TPSA) is 22.1 Å². The van der Waals surface area contributed by atoms with E-state index in [9.17, 15) is 0 Å². The van der Waals surface area contributed by atoms with E-state index in [2.05, 4.69) is 24.0 Å². The summed E-state index contributed by atoms with van der Waals surface area (Å²) in [6.45, 7) is 2.84. The fourth-order valence-corrected chi connectivity index (χ4v) is 2.83. The maximum absolute atomic E-state index is 5.72. The summed E-state index contributed by atoms with van der Waals surface area (Å²) in [7, 11) is 0. The molecule has 0 radical (unpaired) electrons. The van der Waals surface area contributed by atoms with Crippen molar-refractivity contribution in [3.63, 3.8) is 0 Å². The largest absolute Gasteiger partial charge is 0.493 e. The normalized spacial score (nSPS) is 10.6. The van der Waals surface area contributed by atoms with Crippen LogP contribution in [-0.2, 0) is 18.7 Å². The lowest BCUT2D eigenvalue weighted by molar-refractivity contribution is 0.321. The van der Waals surface area contributed by atoms with Crippen LogP contribution in [0.1, 0.15) is 29.6 Å². The standard InChI is InChI=1S/C15H18ClNOS/c1-2-3-12-4-6-14(7-5-12)18-9-8-15-17-13(10-16)11-19-15/h4-7,11H,2-3,8-10H2,1H3. The van der Waals surface area contributed by atoms with Gasteiger partial charge in [0.25, 0.3) is 0 Å². The average Bonchev–Trinajstić information content (AvgIpc) is 2.89. The summed E-state index contributed by atoms with van der Waals surface area (Å²) in [4.78, 5) is 4.40. The fraction of sp³-hybridized carbons (Fsp3) is 0.400. The number of alkyl halides is 1. The Kier molecular flexibility index (Phi) is 5.67. The molecule has 1 heterocycles. The van der Waals surface area contributed by atoms with Crippen molar-refractivity contribution in [3.8, 4) is 5.75 Å². The Hall–Kier alpha value is -1.06. The molecule has 2 rings (SSSR count). The second kappa shape index (κ2) is 7.51. The molecule has 0 aliphatic rings. The quantitative estimate of drug-likeness (QED) is 0.704. The lowest BCUT2D eigenvalue weighted by Crippen LogP contribution is -2.01. The summed E-state index contributed by atoms with van der Waals surface area (Å²) in [5.41, 5.74) is 2.31. The molecule has 0 fully saturated rings. The van der Waals surface area contributed by atoms with E-state index in [0.29, 0.717) is 12.5 Å². The molecule has 102 valence electrons. The van der Waals surface area contributed by atoms with Crippen LogP contribution in [0.2, 0.25) is 0 Å². The summed E-state index contributed by atoms with van der Waals surface area (Å²) < 4.78 is 5.72. The van der Waals surface area contributed by atoms with Gasteiger partial charge >= 0.3 is 0 Å². The molecule has 0 bridgehead atoms. The zero-order chi connectivity index (χ0) is 13.5. The molecule has 1 aromatic carbocycles. The molecular formula is C15H18ClNOS. The highest BCUT2D eigenvalue weighted by molar-refractivity contribution is 7.09. The first-order chi connectivity index (χ1) is 9.31. The van der Waals surface area contributed by atoms with Gasteiger partial charge in [0.05, 0.1) is 23.2 Å². The van der Waals surface area contributed by atoms with Gasteiger partial charge in [0.15, 0.2) is 0 Å². The molecule has 0 saturated carbocycles. The van der Waals surface area contributed by atoms with Gasteiger partial charge in [-0.1, -0.05) is 25.5 Å². The van der Waals surface area contributed by atoms with Crippen LogP contribution in [0.5, 0.6) is 5.75 Å². The number of benzene rings is 1. The monoisotopic (exact) mass is 295 g/mol. The number of nitrogens with zero attached hydrogens (tertiary/aromatic N) is 1. The van der Waals surface area contributed by atoms with E-state index in [1.807, 2.05) is 17.5 Å². The second-order valence-corrected chi connectivity index (χ2v) is 5.57. The lowest BCUT2D eigenvalue weighted by atomic mass is 10.1. The summed E-state index contributed by atoms with van der Waals surface area (Å²) in [5, 5.41) is 3.08. The highest BCUT2D eigenvalue weighted by atomic mass is 35.5. The van der Waals surface area contributed by atoms with E-state index in [4.69, 9.17) is 16.3 Å². The van der Waals surface area contributed by atoms with Crippen LogP contribution in [-0.4, -0.2) is 11.6 Å². The minimum Gasteiger partial charge on any atom is -0.493 e. The predicted octanol–water partition coefficient (Wildman–Crippen LogP) is 4.46. The molecule has 0 spiro atoms. The lowest BCUT2D eigenvalue weighted by Gasteiger charge is -2.06. The highest BCUT2D eigenvalue weighted by Crippen LogP contribution is 2.15. The molecule has 0 amide bonds. The number of hydrogen-bond acceptors (Lipinski definition) is 3. The predicted molar refractivity (Wildman–Crippen MR) is 81.3 cm³/mol. The molecule has 0 aliphatic heterocycles. The Morgan fingerprint density at radius 2 is 2.00 bits per heavy atom. The van der Waals surface area contributed by atoms with Gasteiger partial charge in [-0.05, 0) is 24.1 Å². The molecule has 19 heavy (non-hydrogen) atoms. The number of aryl methyl sites for hydroxylation is 1. The Balaban J connectivity index is 1.78. The van der Waals surface area contributed by atoms with Crippen molar-refractivity contribution in [1.29, 1.82) is 0 Å². The van der Waals surface area contributed by atoms with E-state index in [1.165, 1.54) is 12.0 Å². The molecule has 0 saturated heterocycles. The van der Waals surface area contributed by atoms with Gasteiger partial charge in [-0.2, -0.15) is 0 Å². The minimum atomic E-state index is 0.482. The maximum Gasteiger partial charge on any atom is 0.119 e. The van der Waals surface area contributed by atoms with E-state index in [-0.39, 0.29) is 0 Å². The molecule has 0 atom stereocenters. The number of hydrogen-bond donors (Lipinski definition) is 0. The van der Waals surface area contributed by atoms with Gasteiger partial charge in [0.1, 0.15) is 5.75 Å². The molecule has 0 N–H and O–H groups in total. The number of halogens is 1. The van der Waals surface area contributed by atoms with E-state index in [0.717, 1.165) is 29.3 Å². The number of ether oxygens (including phenoxy) is 1. The third-order valence-corrected chi connectivity index (χ3v) is 4.01. The third kappa shape index (κ3) is 4.51. The van der Waals surface area contributed by atoms with Crippen molar-refractivity contribution in [1.82, 2.24) is 4.98 Å². The molecule has 1 aromatic heterocycles. The van der Waals surface area contributed by atoms with Crippen LogP contribution in [0.4, 0.5) is 0 Å². The molecule has 0 unspecified atom stereocenters. The van der Waals surface area contributed by atoms with Crippen LogP contribution >= 0.6 is 22.9 Å². The van der Waals surface area contributed by atoms with Gasteiger partial charge in [-0.15, -0.1) is 22.9 Å². The van der Waals surface area contributed by atoms with Crippen LogP contribution < -0.4 is 4.74 Å². The number of thiazole rings is 1. The van der Waals surface area contributed by atoms with Gasteiger partial charge in [-0.25, -0.2) is 4.98 Å². The van der Waals surface area contributed by atoms with Crippen LogP contribution in [0.15, 0.2) is 29.6 Å². The molecule has 4 heteroatoms. The highest BCUT2D eigenvalue weighted by Gasteiger charge is 2.01. The second-order valence-electron chi connectivity index (χ2n) is 4.36. The minimum absolute atomic E-state index is 0.482. The third-order valence-electron chi connectivity index (χ3n) is 2.78. The van der Waals surface area contributed by atoms with Gasteiger partial charge < -0.3 is 4.74 Å². The maximum atomic E-state index is 5.72. The van der Waals surface area contributed by atoms with Crippen molar-refractivity contribution in [2.24, 2.45) is 0 Å². The van der Waals surface area contributed by atoms with E-state index < -0.39 is 0 Å².